The topological polar surface area (TPSA) is 31.4 Å². The van der Waals surface area contributed by atoms with Crippen LogP contribution in [0.5, 0.6) is 11.5 Å². The minimum absolute atomic E-state index is 0. The van der Waals surface area contributed by atoms with Crippen molar-refractivity contribution in [1.82, 2.24) is 4.98 Å². The molecule has 0 atom stereocenters. The highest BCUT2D eigenvalue weighted by atomic mass is 16.5. The molecule has 4 aromatic rings. The van der Waals surface area contributed by atoms with Crippen molar-refractivity contribution in [2.24, 2.45) is 0 Å². The average Bonchev–Trinajstić information content (AvgIpc) is 2.67. The van der Waals surface area contributed by atoms with Crippen LogP contribution >= 0.6 is 0 Å². The molecule has 0 spiro atoms. The van der Waals surface area contributed by atoms with Gasteiger partial charge < -0.3 is 9.47 Å². The van der Waals surface area contributed by atoms with E-state index < -0.39 is 0 Å². The van der Waals surface area contributed by atoms with E-state index >= 15 is 0 Å². The van der Waals surface area contributed by atoms with E-state index in [0.717, 1.165) is 28.7 Å². The summed E-state index contributed by atoms with van der Waals surface area (Å²) in [4.78, 5) is 4.41. The number of pyridine rings is 1. The smallest absolute Gasteiger partial charge is 0.161 e. The second-order valence-corrected chi connectivity index (χ2v) is 6.09. The molecule has 0 bridgehead atoms. The molecule has 3 aromatic carbocycles. The van der Waals surface area contributed by atoms with E-state index in [-0.39, 0.29) is 7.43 Å². The SMILES string of the molecule is C.COc1cc2cncc(Cc3ccc4ccccc4c3)c2cc1OC. The van der Waals surface area contributed by atoms with Crippen LogP contribution < -0.4 is 9.47 Å². The first-order valence-electron chi connectivity index (χ1n) is 8.25. The van der Waals surface area contributed by atoms with Crippen LogP contribution in [0.25, 0.3) is 21.5 Å². The molecular formula is C23H23NO2. The lowest BCUT2D eigenvalue weighted by atomic mass is 9.98. The summed E-state index contributed by atoms with van der Waals surface area (Å²) < 4.78 is 10.9. The van der Waals surface area contributed by atoms with Gasteiger partial charge in [0.15, 0.2) is 11.5 Å². The fraction of sp³-hybridized carbons (Fsp3) is 0.174. The molecule has 4 rings (SSSR count). The Hall–Kier alpha value is -3.07. The maximum absolute atomic E-state index is 5.46. The Kier molecular flexibility index (Phi) is 5.08. The van der Waals surface area contributed by atoms with Gasteiger partial charge in [-0.15, -0.1) is 0 Å². The predicted molar refractivity (Wildman–Crippen MR) is 108 cm³/mol. The molecule has 1 aromatic heterocycles. The van der Waals surface area contributed by atoms with Gasteiger partial charge in [0, 0.05) is 17.8 Å². The van der Waals surface area contributed by atoms with Gasteiger partial charge in [-0.3, -0.25) is 4.98 Å². The van der Waals surface area contributed by atoms with Crippen LogP contribution in [0.1, 0.15) is 18.6 Å². The zero-order chi connectivity index (χ0) is 17.2. The fourth-order valence-electron chi connectivity index (χ4n) is 3.27. The van der Waals surface area contributed by atoms with Gasteiger partial charge in [-0.2, -0.15) is 0 Å². The van der Waals surface area contributed by atoms with Gasteiger partial charge in [0.2, 0.25) is 0 Å². The van der Waals surface area contributed by atoms with Crippen molar-refractivity contribution in [2.45, 2.75) is 13.8 Å². The third-order valence-corrected chi connectivity index (χ3v) is 4.55. The molecular weight excluding hydrogens is 322 g/mol. The molecule has 26 heavy (non-hydrogen) atoms. The zero-order valence-corrected chi connectivity index (χ0v) is 14.3. The molecule has 0 saturated heterocycles. The van der Waals surface area contributed by atoms with E-state index in [1.165, 1.54) is 21.9 Å². The second-order valence-electron chi connectivity index (χ2n) is 6.09. The fourth-order valence-corrected chi connectivity index (χ4v) is 3.27. The summed E-state index contributed by atoms with van der Waals surface area (Å²) in [6.07, 6.45) is 4.62. The average molecular weight is 345 g/mol. The third kappa shape index (κ3) is 3.21. The summed E-state index contributed by atoms with van der Waals surface area (Å²) in [5.74, 6) is 1.46. The molecule has 1 heterocycles. The van der Waals surface area contributed by atoms with Crippen molar-refractivity contribution < 1.29 is 9.47 Å². The Balaban J connectivity index is 0.00000196. The first kappa shape index (κ1) is 17.7. The highest BCUT2D eigenvalue weighted by Gasteiger charge is 2.10. The molecule has 0 radical (unpaired) electrons. The molecule has 0 aliphatic rings. The van der Waals surface area contributed by atoms with Crippen LogP contribution in [-0.2, 0) is 6.42 Å². The summed E-state index contributed by atoms with van der Waals surface area (Å²) in [6, 6.07) is 19.0. The van der Waals surface area contributed by atoms with Crippen LogP contribution in [0.2, 0.25) is 0 Å². The molecule has 0 N–H and O–H groups in total. The predicted octanol–water partition coefficient (Wildman–Crippen LogP) is 5.63. The monoisotopic (exact) mass is 345 g/mol. The van der Waals surface area contributed by atoms with Crippen molar-refractivity contribution in [2.75, 3.05) is 14.2 Å². The lowest BCUT2D eigenvalue weighted by Gasteiger charge is -2.12. The quantitative estimate of drug-likeness (QED) is 0.480. The van der Waals surface area contributed by atoms with E-state index in [9.17, 15) is 0 Å². The number of aromatic nitrogens is 1. The minimum atomic E-state index is 0. The van der Waals surface area contributed by atoms with Crippen molar-refractivity contribution in [1.29, 1.82) is 0 Å². The van der Waals surface area contributed by atoms with Crippen LogP contribution in [0.4, 0.5) is 0 Å². The molecule has 0 saturated carbocycles. The molecule has 132 valence electrons. The Labute approximate surface area is 154 Å². The number of rotatable bonds is 4. The van der Waals surface area contributed by atoms with Gasteiger partial charge in [0.25, 0.3) is 0 Å². The van der Waals surface area contributed by atoms with Crippen LogP contribution in [0.3, 0.4) is 0 Å². The van der Waals surface area contributed by atoms with Crippen LogP contribution in [0.15, 0.2) is 67.0 Å². The maximum atomic E-state index is 5.46. The van der Waals surface area contributed by atoms with Gasteiger partial charge in [0.1, 0.15) is 0 Å². The van der Waals surface area contributed by atoms with Gasteiger partial charge >= 0.3 is 0 Å². The first-order valence-corrected chi connectivity index (χ1v) is 8.25. The molecule has 0 aliphatic heterocycles. The number of hydrogen-bond donors (Lipinski definition) is 0. The van der Waals surface area contributed by atoms with Crippen LogP contribution in [0, 0.1) is 0 Å². The van der Waals surface area contributed by atoms with Crippen LogP contribution in [-0.4, -0.2) is 19.2 Å². The number of nitrogens with zero attached hydrogens (tertiary/aromatic N) is 1. The molecule has 3 heteroatoms. The summed E-state index contributed by atoms with van der Waals surface area (Å²) >= 11 is 0. The Morgan fingerprint density at radius 2 is 1.50 bits per heavy atom. The standard InChI is InChI=1S/C22H19NO2.CH4/c1-24-21-11-19-14-23-13-18(20(19)12-22(21)25-2)10-15-7-8-16-5-3-4-6-17(16)9-15;/h3-9,11-14H,10H2,1-2H3;1H4. The number of methoxy groups -OCH3 is 2. The lowest BCUT2D eigenvalue weighted by molar-refractivity contribution is 0.356. The van der Waals surface area contributed by atoms with Crippen molar-refractivity contribution in [3.05, 3.63) is 78.1 Å². The molecule has 0 fully saturated rings. The lowest BCUT2D eigenvalue weighted by Crippen LogP contribution is -1.95. The van der Waals surface area contributed by atoms with E-state index in [2.05, 4.69) is 47.4 Å². The van der Waals surface area contributed by atoms with Crippen molar-refractivity contribution >= 4 is 21.5 Å². The first-order chi connectivity index (χ1) is 12.3. The highest BCUT2D eigenvalue weighted by Crippen LogP contribution is 2.34. The van der Waals surface area contributed by atoms with Gasteiger partial charge in [0.05, 0.1) is 14.2 Å². The summed E-state index contributed by atoms with van der Waals surface area (Å²) in [6.45, 7) is 0. The number of ether oxygens (including phenoxy) is 2. The normalized spacial score (nSPS) is 10.5. The van der Waals surface area contributed by atoms with Gasteiger partial charge in [-0.1, -0.05) is 49.9 Å². The van der Waals surface area contributed by atoms with E-state index in [1.54, 1.807) is 14.2 Å². The molecule has 3 nitrogen and oxygen atoms in total. The summed E-state index contributed by atoms with van der Waals surface area (Å²) in [5.41, 5.74) is 2.44. The summed E-state index contributed by atoms with van der Waals surface area (Å²) in [7, 11) is 3.31. The third-order valence-electron chi connectivity index (χ3n) is 4.55. The van der Waals surface area contributed by atoms with E-state index in [4.69, 9.17) is 9.47 Å². The number of fused-ring (bicyclic) bond motifs is 2. The zero-order valence-electron chi connectivity index (χ0n) is 14.3. The van der Waals surface area contributed by atoms with Crippen molar-refractivity contribution in [3.63, 3.8) is 0 Å². The molecule has 0 unspecified atom stereocenters. The molecule has 0 amide bonds. The number of benzene rings is 3. The minimum Gasteiger partial charge on any atom is -0.493 e. The Morgan fingerprint density at radius 1 is 0.769 bits per heavy atom. The molecule has 0 aliphatic carbocycles. The van der Waals surface area contributed by atoms with Crippen molar-refractivity contribution in [3.8, 4) is 11.5 Å². The van der Waals surface area contributed by atoms with Gasteiger partial charge in [-0.05, 0) is 45.8 Å². The van der Waals surface area contributed by atoms with E-state index in [0.29, 0.717) is 0 Å². The van der Waals surface area contributed by atoms with E-state index in [1.807, 2.05) is 24.5 Å². The Morgan fingerprint density at radius 3 is 2.27 bits per heavy atom. The number of hydrogen-bond acceptors (Lipinski definition) is 3. The second kappa shape index (κ2) is 7.44. The maximum Gasteiger partial charge on any atom is 0.161 e. The highest BCUT2D eigenvalue weighted by molar-refractivity contribution is 5.89. The largest absolute Gasteiger partial charge is 0.493 e. The van der Waals surface area contributed by atoms with Gasteiger partial charge in [-0.25, -0.2) is 0 Å². The Bertz CT molecular complexity index is 1060. The summed E-state index contributed by atoms with van der Waals surface area (Å²) in [5, 5.41) is 4.71.